The zero-order valence-corrected chi connectivity index (χ0v) is 16.1. The second kappa shape index (κ2) is 12.1. The fourth-order valence-electron chi connectivity index (χ4n) is 1.89. The molecule has 146 valence electrons. The Hall–Kier alpha value is -2.32. The van der Waals surface area contributed by atoms with Crippen molar-refractivity contribution in [1.29, 1.82) is 0 Å². The number of hydrogen-bond acceptors (Lipinski definition) is 6. The van der Waals surface area contributed by atoms with Gasteiger partial charge in [0.25, 0.3) is 0 Å². The van der Waals surface area contributed by atoms with Crippen LogP contribution in [0.15, 0.2) is 24.3 Å². The van der Waals surface area contributed by atoms with Crippen molar-refractivity contribution in [1.82, 2.24) is 9.80 Å². The number of likely N-dealkylation sites (N-methyl/N-ethyl adjacent to an activating group) is 2. The van der Waals surface area contributed by atoms with Crippen LogP contribution in [0.4, 0.5) is 21.0 Å². The smallest absolute Gasteiger partial charge is 0.411 e. The van der Waals surface area contributed by atoms with Crippen molar-refractivity contribution < 1.29 is 19.1 Å². The summed E-state index contributed by atoms with van der Waals surface area (Å²) in [6, 6.07) is 6.79. The van der Waals surface area contributed by atoms with E-state index in [1.807, 2.05) is 37.7 Å². The normalized spacial score (nSPS) is 10.7. The summed E-state index contributed by atoms with van der Waals surface area (Å²) in [4.78, 5) is 27.6. The van der Waals surface area contributed by atoms with Gasteiger partial charge < -0.3 is 19.3 Å². The van der Waals surface area contributed by atoms with Gasteiger partial charge in [0.05, 0.1) is 0 Å². The van der Waals surface area contributed by atoms with Gasteiger partial charge in [0.1, 0.15) is 13.2 Å². The highest BCUT2D eigenvalue weighted by molar-refractivity contribution is 5.88. The number of carbonyl (C=O) groups excluding carboxylic acids is 2. The quantitative estimate of drug-likeness (QED) is 0.662. The summed E-state index contributed by atoms with van der Waals surface area (Å²) < 4.78 is 10.2. The first-order valence-electron chi connectivity index (χ1n) is 8.79. The Bertz CT molecular complexity index is 523. The van der Waals surface area contributed by atoms with Crippen LogP contribution in [-0.4, -0.2) is 75.5 Å². The molecule has 1 rings (SSSR count). The van der Waals surface area contributed by atoms with Crippen LogP contribution >= 0.6 is 0 Å². The molecule has 26 heavy (non-hydrogen) atoms. The summed E-state index contributed by atoms with van der Waals surface area (Å²) in [6.07, 6.45) is -1.06. The lowest BCUT2D eigenvalue weighted by Gasteiger charge is -2.14. The van der Waals surface area contributed by atoms with Crippen LogP contribution < -0.4 is 10.6 Å². The fraction of sp³-hybridized carbons (Fsp3) is 0.556. The molecule has 2 N–H and O–H groups in total. The number of carbonyl (C=O) groups is 2. The molecule has 0 aromatic heterocycles. The molecule has 0 bridgehead atoms. The number of nitrogens with zero attached hydrogens (tertiary/aromatic N) is 2. The van der Waals surface area contributed by atoms with E-state index in [9.17, 15) is 9.59 Å². The molecule has 0 aliphatic heterocycles. The van der Waals surface area contributed by atoms with Gasteiger partial charge in [-0.1, -0.05) is 19.9 Å². The van der Waals surface area contributed by atoms with Gasteiger partial charge in [-0.05, 0) is 45.4 Å². The van der Waals surface area contributed by atoms with Crippen molar-refractivity contribution in [3.8, 4) is 0 Å². The van der Waals surface area contributed by atoms with Gasteiger partial charge >= 0.3 is 12.2 Å². The van der Waals surface area contributed by atoms with E-state index >= 15 is 0 Å². The fourth-order valence-corrected chi connectivity index (χ4v) is 1.89. The summed E-state index contributed by atoms with van der Waals surface area (Å²) in [6.45, 7) is 7.82. The average molecular weight is 366 g/mol. The predicted octanol–water partition coefficient (Wildman–Crippen LogP) is 2.69. The van der Waals surface area contributed by atoms with Crippen LogP contribution in [0.1, 0.15) is 13.8 Å². The highest BCUT2D eigenvalue weighted by Crippen LogP contribution is 2.15. The van der Waals surface area contributed by atoms with Gasteiger partial charge in [-0.2, -0.15) is 0 Å². The Labute approximate surface area is 155 Å². The topological polar surface area (TPSA) is 83.1 Å². The zero-order valence-electron chi connectivity index (χ0n) is 16.1. The summed E-state index contributed by atoms with van der Waals surface area (Å²) in [5, 5.41) is 5.27. The minimum absolute atomic E-state index is 0.312. The lowest BCUT2D eigenvalue weighted by Crippen LogP contribution is -2.25. The zero-order chi connectivity index (χ0) is 19.4. The molecule has 1 aromatic rings. The molecule has 0 spiro atoms. The SMILES string of the molecule is CCN(C)CCOC(=O)Nc1cccc(NC(=O)OCCN(C)CC)c1. The molecule has 8 nitrogen and oxygen atoms in total. The molecule has 1 aromatic carbocycles. The van der Waals surface area contributed by atoms with Gasteiger partial charge in [-0.25, -0.2) is 9.59 Å². The van der Waals surface area contributed by atoms with Crippen LogP contribution in [0.25, 0.3) is 0 Å². The van der Waals surface area contributed by atoms with Crippen LogP contribution in [-0.2, 0) is 9.47 Å². The molecule has 0 heterocycles. The molecule has 0 atom stereocenters. The Kier molecular flexibility index (Phi) is 10.1. The minimum atomic E-state index is -0.531. The first kappa shape index (κ1) is 21.7. The van der Waals surface area contributed by atoms with Gasteiger partial charge in [-0.3, -0.25) is 10.6 Å². The second-order valence-corrected chi connectivity index (χ2v) is 5.89. The molecule has 8 heteroatoms. The van der Waals surface area contributed by atoms with Crippen LogP contribution in [0.3, 0.4) is 0 Å². The Morgan fingerprint density at radius 3 is 1.69 bits per heavy atom. The van der Waals surface area contributed by atoms with Crippen molar-refractivity contribution in [3.05, 3.63) is 24.3 Å². The number of hydrogen-bond donors (Lipinski definition) is 2. The Morgan fingerprint density at radius 1 is 0.885 bits per heavy atom. The van der Waals surface area contributed by atoms with E-state index in [2.05, 4.69) is 10.6 Å². The lowest BCUT2D eigenvalue weighted by molar-refractivity contribution is 0.147. The monoisotopic (exact) mass is 366 g/mol. The van der Waals surface area contributed by atoms with Crippen LogP contribution in [0.5, 0.6) is 0 Å². The van der Waals surface area contributed by atoms with Crippen molar-refractivity contribution >= 4 is 23.6 Å². The number of anilines is 2. The number of rotatable bonds is 10. The van der Waals surface area contributed by atoms with Crippen molar-refractivity contribution in [3.63, 3.8) is 0 Å². The Morgan fingerprint density at radius 2 is 1.31 bits per heavy atom. The number of benzene rings is 1. The van der Waals surface area contributed by atoms with E-state index in [4.69, 9.17) is 9.47 Å². The van der Waals surface area contributed by atoms with Crippen LogP contribution in [0.2, 0.25) is 0 Å². The maximum absolute atomic E-state index is 11.8. The van der Waals surface area contributed by atoms with E-state index in [0.29, 0.717) is 37.7 Å². The molecule has 0 unspecified atom stereocenters. The van der Waals surface area contributed by atoms with Crippen molar-refractivity contribution in [2.24, 2.45) is 0 Å². The second-order valence-electron chi connectivity index (χ2n) is 5.89. The van der Waals surface area contributed by atoms with E-state index in [0.717, 1.165) is 13.1 Å². The summed E-state index contributed by atoms with van der Waals surface area (Å²) in [5.41, 5.74) is 1.06. The number of amides is 2. The first-order valence-corrected chi connectivity index (χ1v) is 8.79. The lowest BCUT2D eigenvalue weighted by atomic mass is 10.3. The highest BCUT2D eigenvalue weighted by Gasteiger charge is 2.07. The van der Waals surface area contributed by atoms with Crippen molar-refractivity contribution in [2.75, 3.05) is 64.1 Å². The molecule has 0 fully saturated rings. The molecular formula is C18H30N4O4. The molecule has 0 radical (unpaired) electrons. The molecule has 2 amide bonds. The highest BCUT2D eigenvalue weighted by atomic mass is 16.6. The molecule has 0 saturated carbocycles. The maximum atomic E-state index is 11.8. The standard InChI is InChI=1S/C18H30N4O4/c1-5-21(3)10-12-25-17(23)19-15-8-7-9-16(14-15)20-18(24)26-13-11-22(4)6-2/h7-9,14H,5-6,10-13H2,1-4H3,(H,19,23)(H,20,24). The summed E-state index contributed by atoms with van der Waals surface area (Å²) >= 11 is 0. The largest absolute Gasteiger partial charge is 0.448 e. The minimum Gasteiger partial charge on any atom is -0.448 e. The van der Waals surface area contributed by atoms with E-state index in [1.165, 1.54) is 0 Å². The third kappa shape index (κ3) is 9.24. The maximum Gasteiger partial charge on any atom is 0.411 e. The number of nitrogens with one attached hydrogen (secondary N) is 2. The summed E-state index contributed by atoms with van der Waals surface area (Å²) in [5.74, 6) is 0. The first-order chi connectivity index (χ1) is 12.4. The summed E-state index contributed by atoms with van der Waals surface area (Å²) in [7, 11) is 3.91. The van der Waals surface area contributed by atoms with Crippen LogP contribution in [0, 0.1) is 0 Å². The third-order valence-electron chi connectivity index (χ3n) is 3.85. The molecule has 0 aliphatic carbocycles. The van der Waals surface area contributed by atoms with Gasteiger partial charge in [0, 0.05) is 24.5 Å². The van der Waals surface area contributed by atoms with Crippen molar-refractivity contribution in [2.45, 2.75) is 13.8 Å². The predicted molar refractivity (Wildman–Crippen MR) is 103 cm³/mol. The average Bonchev–Trinajstić information content (AvgIpc) is 2.61. The van der Waals surface area contributed by atoms with E-state index < -0.39 is 12.2 Å². The molecule has 0 aliphatic rings. The van der Waals surface area contributed by atoms with Gasteiger partial charge in [0.15, 0.2) is 0 Å². The van der Waals surface area contributed by atoms with Gasteiger partial charge in [0.2, 0.25) is 0 Å². The molecular weight excluding hydrogens is 336 g/mol. The Balaban J connectivity index is 2.39. The van der Waals surface area contributed by atoms with E-state index in [1.54, 1.807) is 24.3 Å². The third-order valence-corrected chi connectivity index (χ3v) is 3.85. The van der Waals surface area contributed by atoms with E-state index in [-0.39, 0.29) is 0 Å². The molecule has 0 saturated heterocycles. The van der Waals surface area contributed by atoms with Gasteiger partial charge in [-0.15, -0.1) is 0 Å². The number of ether oxygens (including phenoxy) is 2.